The molecule has 0 radical (unpaired) electrons. The van der Waals surface area contributed by atoms with Crippen LogP contribution in [-0.2, 0) is 11.3 Å². The van der Waals surface area contributed by atoms with Crippen molar-refractivity contribution in [3.63, 3.8) is 0 Å². The minimum Gasteiger partial charge on any atom is -0.481 e. The van der Waals surface area contributed by atoms with Crippen molar-refractivity contribution in [2.24, 2.45) is 4.99 Å². The molecule has 0 saturated heterocycles. The minimum atomic E-state index is 0.323. The number of pyridine rings is 1. The van der Waals surface area contributed by atoms with Crippen molar-refractivity contribution in [3.05, 3.63) is 23.4 Å². The molecule has 0 N–H and O–H groups in total. The number of aryl methyl sites for hydroxylation is 1. The zero-order valence-electron chi connectivity index (χ0n) is 7.57. The molecule has 0 atom stereocenters. The van der Waals surface area contributed by atoms with Crippen LogP contribution >= 0.6 is 0 Å². The molecule has 13 heavy (non-hydrogen) atoms. The molecule has 68 valence electrons. The van der Waals surface area contributed by atoms with E-state index >= 15 is 0 Å². The molecule has 1 aromatic heterocycles. The third-order valence-electron chi connectivity index (χ3n) is 1.53. The van der Waals surface area contributed by atoms with Gasteiger partial charge in [-0.25, -0.2) is 14.8 Å². The lowest BCUT2D eigenvalue weighted by Gasteiger charge is -2.02. The van der Waals surface area contributed by atoms with Crippen molar-refractivity contribution in [2.75, 3.05) is 7.11 Å². The van der Waals surface area contributed by atoms with E-state index in [-0.39, 0.29) is 0 Å². The van der Waals surface area contributed by atoms with E-state index in [4.69, 9.17) is 4.74 Å². The number of aromatic nitrogens is 1. The molecule has 0 aliphatic carbocycles. The Balaban J connectivity index is 2.93. The van der Waals surface area contributed by atoms with Crippen molar-refractivity contribution in [3.8, 4) is 5.88 Å². The van der Waals surface area contributed by atoms with Crippen LogP contribution in [0.15, 0.2) is 17.1 Å². The zero-order chi connectivity index (χ0) is 9.68. The molecular formula is C9H10N2O2. The zero-order valence-corrected chi connectivity index (χ0v) is 7.57. The molecule has 0 aliphatic heterocycles. The first-order valence-electron chi connectivity index (χ1n) is 3.81. The molecule has 1 aromatic rings. The van der Waals surface area contributed by atoms with E-state index in [1.54, 1.807) is 13.2 Å². The summed E-state index contributed by atoms with van der Waals surface area (Å²) in [5.41, 5.74) is 1.74. The first kappa shape index (κ1) is 9.42. The monoisotopic (exact) mass is 178 g/mol. The van der Waals surface area contributed by atoms with Gasteiger partial charge in [-0.1, -0.05) is 0 Å². The van der Waals surface area contributed by atoms with Gasteiger partial charge in [-0.3, -0.25) is 0 Å². The number of aliphatic imine (C=N–C) groups is 1. The van der Waals surface area contributed by atoms with Gasteiger partial charge in [0.1, 0.15) is 0 Å². The number of methoxy groups -OCH3 is 1. The molecule has 0 fully saturated rings. The van der Waals surface area contributed by atoms with Gasteiger partial charge < -0.3 is 4.74 Å². The van der Waals surface area contributed by atoms with E-state index in [0.29, 0.717) is 12.4 Å². The molecule has 0 amide bonds. The van der Waals surface area contributed by atoms with Crippen molar-refractivity contribution in [1.29, 1.82) is 0 Å². The van der Waals surface area contributed by atoms with Gasteiger partial charge in [-0.05, 0) is 18.6 Å². The van der Waals surface area contributed by atoms with Gasteiger partial charge in [-0.2, -0.15) is 0 Å². The van der Waals surface area contributed by atoms with Crippen LogP contribution in [0.4, 0.5) is 0 Å². The molecule has 0 saturated carbocycles. The lowest BCUT2D eigenvalue weighted by atomic mass is 10.2. The van der Waals surface area contributed by atoms with Crippen molar-refractivity contribution in [2.45, 2.75) is 13.5 Å². The summed E-state index contributed by atoms with van der Waals surface area (Å²) in [6.45, 7) is 2.18. The Morgan fingerprint density at radius 3 is 3.00 bits per heavy atom. The quantitative estimate of drug-likeness (QED) is 0.516. The molecular weight excluding hydrogens is 168 g/mol. The second-order valence-electron chi connectivity index (χ2n) is 2.57. The van der Waals surface area contributed by atoms with Crippen LogP contribution in [0.25, 0.3) is 0 Å². The molecule has 4 heteroatoms. The Morgan fingerprint density at radius 2 is 2.38 bits per heavy atom. The van der Waals surface area contributed by atoms with Crippen LogP contribution in [0.3, 0.4) is 0 Å². The average molecular weight is 178 g/mol. The van der Waals surface area contributed by atoms with E-state index in [2.05, 4.69) is 9.98 Å². The number of nitrogens with zero attached hydrogens (tertiary/aromatic N) is 2. The summed E-state index contributed by atoms with van der Waals surface area (Å²) in [6, 6.07) is 3.59. The predicted octanol–water partition coefficient (Wildman–Crippen LogP) is 1.23. The third kappa shape index (κ3) is 2.69. The van der Waals surface area contributed by atoms with E-state index in [1.165, 1.54) is 6.08 Å². The second-order valence-corrected chi connectivity index (χ2v) is 2.57. The molecule has 0 unspecified atom stereocenters. The smallest absolute Gasteiger partial charge is 0.235 e. The molecule has 1 rings (SSSR count). The lowest BCUT2D eigenvalue weighted by molar-refractivity contribution is 0.396. The SMILES string of the molecule is COc1cc(CN=C=O)cc(C)n1. The van der Waals surface area contributed by atoms with Crippen molar-refractivity contribution < 1.29 is 9.53 Å². The fraction of sp³-hybridized carbons (Fsp3) is 0.333. The van der Waals surface area contributed by atoms with E-state index in [1.807, 2.05) is 13.0 Å². The fourth-order valence-corrected chi connectivity index (χ4v) is 1.03. The highest BCUT2D eigenvalue weighted by atomic mass is 16.5. The van der Waals surface area contributed by atoms with Gasteiger partial charge in [0.15, 0.2) is 0 Å². The summed E-state index contributed by atoms with van der Waals surface area (Å²) < 4.78 is 4.96. The normalized spacial score (nSPS) is 9.08. The lowest BCUT2D eigenvalue weighted by Crippen LogP contribution is -1.92. The predicted molar refractivity (Wildman–Crippen MR) is 47.4 cm³/mol. The van der Waals surface area contributed by atoms with Gasteiger partial charge in [0.05, 0.1) is 13.7 Å². The van der Waals surface area contributed by atoms with Gasteiger partial charge in [0.25, 0.3) is 0 Å². The number of ether oxygens (including phenoxy) is 1. The second kappa shape index (κ2) is 4.38. The number of hydrogen-bond donors (Lipinski definition) is 0. The van der Waals surface area contributed by atoms with Crippen LogP contribution < -0.4 is 4.74 Å². The summed E-state index contributed by atoms with van der Waals surface area (Å²) in [5.74, 6) is 0.538. The molecule has 0 bridgehead atoms. The van der Waals surface area contributed by atoms with Crippen LogP contribution in [0, 0.1) is 6.92 Å². The Labute approximate surface area is 76.3 Å². The van der Waals surface area contributed by atoms with Gasteiger partial charge >= 0.3 is 0 Å². The number of hydrogen-bond acceptors (Lipinski definition) is 4. The molecule has 1 heterocycles. The number of isocyanates is 1. The summed E-state index contributed by atoms with van der Waals surface area (Å²) in [6.07, 6.45) is 1.49. The summed E-state index contributed by atoms with van der Waals surface area (Å²) in [7, 11) is 1.55. The molecule has 0 spiro atoms. The van der Waals surface area contributed by atoms with E-state index in [9.17, 15) is 4.79 Å². The van der Waals surface area contributed by atoms with Gasteiger partial charge in [0.2, 0.25) is 12.0 Å². The minimum absolute atomic E-state index is 0.323. The maximum absolute atomic E-state index is 9.88. The van der Waals surface area contributed by atoms with Crippen molar-refractivity contribution >= 4 is 6.08 Å². The van der Waals surface area contributed by atoms with E-state index < -0.39 is 0 Å². The van der Waals surface area contributed by atoms with Crippen LogP contribution in [0.5, 0.6) is 5.88 Å². The standard InChI is InChI=1S/C9H10N2O2/c1-7-3-8(5-10-6-12)4-9(11-7)13-2/h3-4H,5H2,1-2H3. The summed E-state index contributed by atoms with van der Waals surface area (Å²) in [5, 5.41) is 0. The molecule has 0 aromatic carbocycles. The third-order valence-corrected chi connectivity index (χ3v) is 1.53. The largest absolute Gasteiger partial charge is 0.481 e. The first-order chi connectivity index (χ1) is 6.26. The van der Waals surface area contributed by atoms with Gasteiger partial charge in [-0.15, -0.1) is 0 Å². The fourth-order valence-electron chi connectivity index (χ4n) is 1.03. The molecule has 0 aliphatic rings. The maximum Gasteiger partial charge on any atom is 0.235 e. The Morgan fingerprint density at radius 1 is 1.62 bits per heavy atom. The summed E-state index contributed by atoms with van der Waals surface area (Å²) in [4.78, 5) is 17.4. The highest BCUT2D eigenvalue weighted by Crippen LogP contribution is 2.12. The topological polar surface area (TPSA) is 51.5 Å². The van der Waals surface area contributed by atoms with E-state index in [0.717, 1.165) is 11.3 Å². The van der Waals surface area contributed by atoms with Crippen LogP contribution in [0.2, 0.25) is 0 Å². The maximum atomic E-state index is 9.88. The Hall–Kier alpha value is -1.67. The van der Waals surface area contributed by atoms with Crippen LogP contribution in [0.1, 0.15) is 11.3 Å². The Kier molecular flexibility index (Phi) is 3.17. The van der Waals surface area contributed by atoms with Gasteiger partial charge in [0, 0.05) is 11.8 Å². The van der Waals surface area contributed by atoms with Crippen molar-refractivity contribution in [1.82, 2.24) is 4.98 Å². The summed E-state index contributed by atoms with van der Waals surface area (Å²) >= 11 is 0. The first-order valence-corrected chi connectivity index (χ1v) is 3.81. The van der Waals surface area contributed by atoms with Crippen LogP contribution in [-0.4, -0.2) is 18.2 Å². The highest BCUT2D eigenvalue weighted by Gasteiger charge is 1.98. The number of carbonyl (C=O) groups excluding carboxylic acids is 1. The molecule has 4 nitrogen and oxygen atoms in total. The number of rotatable bonds is 3. The average Bonchev–Trinajstić information content (AvgIpc) is 2.14. The Bertz CT molecular complexity index is 343. The highest BCUT2D eigenvalue weighted by molar-refractivity contribution is 5.34.